The van der Waals surface area contributed by atoms with Crippen LogP contribution < -0.4 is 16.0 Å². The molecule has 1 atom stereocenters. The monoisotopic (exact) mass is 249 g/mol. The third-order valence-electron chi connectivity index (χ3n) is 3.51. The Morgan fingerprint density at radius 2 is 2.06 bits per heavy atom. The second-order valence-electron chi connectivity index (χ2n) is 4.96. The summed E-state index contributed by atoms with van der Waals surface area (Å²) in [4.78, 5) is 10.9. The first kappa shape index (κ1) is 12.9. The molecule has 1 aromatic heterocycles. The lowest BCUT2D eigenvalue weighted by Gasteiger charge is -2.29. The van der Waals surface area contributed by atoms with Gasteiger partial charge in [-0.1, -0.05) is 6.92 Å². The maximum absolute atomic E-state index is 6.19. The fourth-order valence-corrected chi connectivity index (χ4v) is 2.19. The molecular weight excluding hydrogens is 226 g/mol. The number of anilines is 3. The van der Waals surface area contributed by atoms with Crippen LogP contribution in [0.4, 0.5) is 17.3 Å². The van der Waals surface area contributed by atoms with Gasteiger partial charge >= 0.3 is 0 Å². The normalized spacial score (nSPS) is 17.6. The Balaban J connectivity index is 2.18. The quantitative estimate of drug-likeness (QED) is 0.856. The Bertz CT molecular complexity index is 387. The van der Waals surface area contributed by atoms with E-state index in [4.69, 9.17) is 5.73 Å². The van der Waals surface area contributed by atoms with E-state index >= 15 is 0 Å². The number of nitrogen functional groups attached to an aromatic ring is 1. The Hall–Kier alpha value is -1.52. The molecule has 0 amide bonds. The van der Waals surface area contributed by atoms with Gasteiger partial charge < -0.3 is 16.0 Å². The van der Waals surface area contributed by atoms with Crippen LogP contribution in [0.5, 0.6) is 0 Å². The van der Waals surface area contributed by atoms with Crippen molar-refractivity contribution in [3.05, 3.63) is 6.33 Å². The van der Waals surface area contributed by atoms with Crippen molar-refractivity contribution in [2.75, 3.05) is 29.0 Å². The highest BCUT2D eigenvalue weighted by Crippen LogP contribution is 2.28. The van der Waals surface area contributed by atoms with Crippen molar-refractivity contribution in [1.82, 2.24) is 9.97 Å². The molecule has 3 N–H and O–H groups in total. The zero-order valence-corrected chi connectivity index (χ0v) is 11.3. The largest absolute Gasteiger partial charge is 0.393 e. The van der Waals surface area contributed by atoms with Crippen molar-refractivity contribution in [3.63, 3.8) is 0 Å². The number of nitrogens with zero attached hydrogens (tertiary/aromatic N) is 3. The zero-order valence-electron chi connectivity index (χ0n) is 11.3. The highest BCUT2D eigenvalue weighted by molar-refractivity contribution is 5.75. The van der Waals surface area contributed by atoms with Crippen LogP contribution in [0.1, 0.15) is 39.5 Å². The standard InChI is InChI=1S/C13H23N5/c1-3-10(2)17-12-11(14)13(16-9-15-12)18-7-5-4-6-8-18/h9-10H,3-8,14H2,1-2H3,(H,15,16,17). The number of hydrogen-bond donors (Lipinski definition) is 2. The van der Waals surface area contributed by atoms with Crippen LogP contribution in [0.2, 0.25) is 0 Å². The summed E-state index contributed by atoms with van der Waals surface area (Å²) in [5.41, 5.74) is 6.87. The van der Waals surface area contributed by atoms with Crippen molar-refractivity contribution in [3.8, 4) is 0 Å². The van der Waals surface area contributed by atoms with Crippen LogP contribution in [-0.4, -0.2) is 29.1 Å². The summed E-state index contributed by atoms with van der Waals surface area (Å²) in [5, 5.41) is 3.34. The lowest BCUT2D eigenvalue weighted by molar-refractivity contribution is 0.573. The van der Waals surface area contributed by atoms with Gasteiger partial charge in [-0.3, -0.25) is 0 Å². The van der Waals surface area contributed by atoms with Crippen LogP contribution >= 0.6 is 0 Å². The first-order valence-corrected chi connectivity index (χ1v) is 6.84. The number of hydrogen-bond acceptors (Lipinski definition) is 5. The molecule has 1 fully saturated rings. The van der Waals surface area contributed by atoms with Gasteiger partial charge in [-0.05, 0) is 32.6 Å². The second-order valence-corrected chi connectivity index (χ2v) is 4.96. The van der Waals surface area contributed by atoms with Gasteiger partial charge in [0, 0.05) is 19.1 Å². The maximum Gasteiger partial charge on any atom is 0.157 e. The molecule has 1 aromatic rings. The molecule has 5 nitrogen and oxygen atoms in total. The summed E-state index contributed by atoms with van der Waals surface area (Å²) >= 11 is 0. The van der Waals surface area contributed by atoms with Crippen LogP contribution in [0.3, 0.4) is 0 Å². The van der Waals surface area contributed by atoms with Gasteiger partial charge in [0.25, 0.3) is 0 Å². The average Bonchev–Trinajstić information content (AvgIpc) is 2.42. The topological polar surface area (TPSA) is 67.1 Å². The highest BCUT2D eigenvalue weighted by atomic mass is 15.2. The lowest BCUT2D eigenvalue weighted by Crippen LogP contribution is -2.31. The van der Waals surface area contributed by atoms with Gasteiger partial charge in [-0.25, -0.2) is 9.97 Å². The highest BCUT2D eigenvalue weighted by Gasteiger charge is 2.17. The van der Waals surface area contributed by atoms with E-state index in [1.165, 1.54) is 19.3 Å². The molecule has 1 unspecified atom stereocenters. The molecule has 5 heteroatoms. The van der Waals surface area contributed by atoms with E-state index < -0.39 is 0 Å². The first-order chi connectivity index (χ1) is 8.72. The van der Waals surface area contributed by atoms with Gasteiger partial charge in [-0.15, -0.1) is 0 Å². The van der Waals surface area contributed by atoms with E-state index in [1.807, 2.05) is 0 Å². The Morgan fingerprint density at radius 3 is 2.72 bits per heavy atom. The van der Waals surface area contributed by atoms with Gasteiger partial charge in [0.15, 0.2) is 11.6 Å². The average molecular weight is 249 g/mol. The molecule has 0 saturated carbocycles. The zero-order chi connectivity index (χ0) is 13.0. The van der Waals surface area contributed by atoms with Gasteiger partial charge in [0.05, 0.1) is 0 Å². The number of aromatic nitrogens is 2. The third kappa shape index (κ3) is 2.83. The van der Waals surface area contributed by atoms with E-state index in [2.05, 4.69) is 34.0 Å². The lowest BCUT2D eigenvalue weighted by atomic mass is 10.1. The van der Waals surface area contributed by atoms with Crippen LogP contribution in [0, 0.1) is 0 Å². The fourth-order valence-electron chi connectivity index (χ4n) is 2.19. The van der Waals surface area contributed by atoms with Crippen molar-refractivity contribution in [2.45, 2.75) is 45.6 Å². The van der Waals surface area contributed by atoms with E-state index in [1.54, 1.807) is 6.33 Å². The van der Waals surface area contributed by atoms with Crippen molar-refractivity contribution < 1.29 is 0 Å². The second kappa shape index (κ2) is 5.89. The van der Waals surface area contributed by atoms with E-state index in [0.29, 0.717) is 11.7 Å². The SMILES string of the molecule is CCC(C)Nc1ncnc(N2CCCCC2)c1N. The molecule has 0 aliphatic carbocycles. The molecule has 0 bridgehead atoms. The molecule has 0 radical (unpaired) electrons. The Labute approximate surface area is 109 Å². The third-order valence-corrected chi connectivity index (χ3v) is 3.51. The first-order valence-electron chi connectivity index (χ1n) is 6.84. The summed E-state index contributed by atoms with van der Waals surface area (Å²) in [7, 11) is 0. The van der Waals surface area contributed by atoms with Gasteiger partial charge in [0.1, 0.15) is 12.0 Å². The minimum Gasteiger partial charge on any atom is -0.393 e. The van der Waals surface area contributed by atoms with Crippen LogP contribution in [-0.2, 0) is 0 Å². The molecule has 2 heterocycles. The van der Waals surface area contributed by atoms with Crippen LogP contribution in [0.25, 0.3) is 0 Å². The molecule has 1 saturated heterocycles. The molecule has 18 heavy (non-hydrogen) atoms. The fraction of sp³-hybridized carbons (Fsp3) is 0.692. The summed E-state index contributed by atoms with van der Waals surface area (Å²) in [5.74, 6) is 1.65. The number of nitrogens with one attached hydrogen (secondary N) is 1. The van der Waals surface area contributed by atoms with Crippen molar-refractivity contribution in [2.24, 2.45) is 0 Å². The minimum atomic E-state index is 0.372. The van der Waals surface area contributed by atoms with Gasteiger partial charge in [-0.2, -0.15) is 0 Å². The minimum absolute atomic E-state index is 0.372. The molecule has 0 aromatic carbocycles. The van der Waals surface area contributed by atoms with E-state index in [9.17, 15) is 0 Å². The van der Waals surface area contributed by atoms with E-state index in [0.717, 1.165) is 31.1 Å². The van der Waals surface area contributed by atoms with Gasteiger partial charge in [0.2, 0.25) is 0 Å². The molecular formula is C13H23N5. The van der Waals surface area contributed by atoms with E-state index in [-0.39, 0.29) is 0 Å². The van der Waals surface area contributed by atoms with Crippen molar-refractivity contribution in [1.29, 1.82) is 0 Å². The summed E-state index contributed by atoms with van der Waals surface area (Å²) < 4.78 is 0. The maximum atomic E-state index is 6.19. The predicted molar refractivity (Wildman–Crippen MR) is 75.9 cm³/mol. The smallest absolute Gasteiger partial charge is 0.157 e. The molecule has 100 valence electrons. The summed E-state index contributed by atoms with van der Waals surface area (Å²) in [6.45, 7) is 6.36. The number of piperidine rings is 1. The summed E-state index contributed by atoms with van der Waals surface area (Å²) in [6, 6.07) is 0.372. The molecule has 0 spiro atoms. The molecule has 1 aliphatic heterocycles. The number of rotatable bonds is 4. The number of nitrogens with two attached hydrogens (primary N) is 1. The Morgan fingerprint density at radius 1 is 1.33 bits per heavy atom. The molecule has 1 aliphatic rings. The predicted octanol–water partition coefficient (Wildman–Crippen LogP) is 2.26. The Kier molecular flexibility index (Phi) is 4.23. The van der Waals surface area contributed by atoms with Crippen molar-refractivity contribution >= 4 is 17.3 Å². The van der Waals surface area contributed by atoms with Crippen LogP contribution in [0.15, 0.2) is 6.33 Å². The molecule has 2 rings (SSSR count). The summed E-state index contributed by atoms with van der Waals surface area (Å²) in [6.07, 6.45) is 6.39.